The number of aliphatic hydroxyl groups excluding tert-OH is 1. The minimum absolute atomic E-state index is 0.0506. The van der Waals surface area contributed by atoms with Gasteiger partial charge in [0, 0.05) is 45.3 Å². The first kappa shape index (κ1) is 14.8. The molecule has 2 aliphatic rings. The van der Waals surface area contributed by atoms with Crippen LogP contribution in [-0.2, 0) is 10.0 Å². The topological polar surface area (TPSA) is 64.1 Å². The molecule has 2 heterocycles. The van der Waals surface area contributed by atoms with Gasteiger partial charge in [-0.15, -0.1) is 6.42 Å². The van der Waals surface area contributed by atoms with E-state index in [9.17, 15) is 8.42 Å². The lowest BCUT2D eigenvalue weighted by atomic mass is 10.2. The van der Waals surface area contributed by atoms with Gasteiger partial charge in [-0.05, 0) is 0 Å². The van der Waals surface area contributed by atoms with Gasteiger partial charge in [0.15, 0.2) is 0 Å². The van der Waals surface area contributed by atoms with Crippen molar-refractivity contribution in [3.05, 3.63) is 0 Å². The molecule has 19 heavy (non-hydrogen) atoms. The third-order valence-electron chi connectivity index (χ3n) is 3.82. The van der Waals surface area contributed by atoms with Crippen LogP contribution in [0.4, 0.5) is 0 Å². The van der Waals surface area contributed by atoms with Gasteiger partial charge in [0.1, 0.15) is 0 Å². The van der Waals surface area contributed by atoms with Gasteiger partial charge in [-0.2, -0.15) is 4.31 Å². The summed E-state index contributed by atoms with van der Waals surface area (Å²) in [6, 6.07) is 0.0506. The maximum Gasteiger partial charge on any atom is 0.216 e. The Morgan fingerprint density at radius 1 is 1.26 bits per heavy atom. The SMILES string of the molecule is C#CCN1CC(N2CCN(CCO)CC2)CS1(=O)=O. The van der Waals surface area contributed by atoms with E-state index in [1.165, 1.54) is 4.31 Å². The molecule has 1 atom stereocenters. The summed E-state index contributed by atoms with van der Waals surface area (Å²) in [4.78, 5) is 4.42. The zero-order valence-corrected chi connectivity index (χ0v) is 11.8. The molecule has 0 bridgehead atoms. The highest BCUT2D eigenvalue weighted by molar-refractivity contribution is 7.89. The van der Waals surface area contributed by atoms with Crippen molar-refractivity contribution >= 4 is 10.0 Å². The van der Waals surface area contributed by atoms with E-state index in [-0.39, 0.29) is 24.9 Å². The summed E-state index contributed by atoms with van der Waals surface area (Å²) in [6.07, 6.45) is 5.20. The van der Waals surface area contributed by atoms with E-state index in [4.69, 9.17) is 11.5 Å². The maximum absolute atomic E-state index is 11.9. The summed E-state index contributed by atoms with van der Waals surface area (Å²) in [5, 5.41) is 8.90. The van der Waals surface area contributed by atoms with Crippen molar-refractivity contribution < 1.29 is 13.5 Å². The highest BCUT2D eigenvalue weighted by atomic mass is 32.2. The fourth-order valence-corrected chi connectivity index (χ4v) is 4.41. The Hall–Kier alpha value is -0.650. The fraction of sp³-hybridized carbons (Fsp3) is 0.833. The Bertz CT molecular complexity index is 438. The van der Waals surface area contributed by atoms with Crippen LogP contribution < -0.4 is 0 Å². The lowest BCUT2D eigenvalue weighted by Gasteiger charge is -2.37. The van der Waals surface area contributed by atoms with Crippen LogP contribution in [0.2, 0.25) is 0 Å². The van der Waals surface area contributed by atoms with Crippen LogP contribution in [0, 0.1) is 12.3 Å². The van der Waals surface area contributed by atoms with Crippen molar-refractivity contribution in [1.82, 2.24) is 14.1 Å². The normalized spacial score (nSPS) is 29.4. The third-order valence-corrected chi connectivity index (χ3v) is 5.69. The molecule has 108 valence electrons. The maximum atomic E-state index is 11.9. The minimum atomic E-state index is -3.18. The molecule has 2 saturated heterocycles. The zero-order chi connectivity index (χ0) is 13.9. The smallest absolute Gasteiger partial charge is 0.216 e. The molecule has 0 aromatic carbocycles. The highest BCUT2D eigenvalue weighted by Gasteiger charge is 2.39. The summed E-state index contributed by atoms with van der Waals surface area (Å²) in [5.74, 6) is 2.58. The zero-order valence-electron chi connectivity index (χ0n) is 11.0. The molecule has 1 N–H and O–H groups in total. The molecule has 7 heteroatoms. The van der Waals surface area contributed by atoms with E-state index < -0.39 is 10.0 Å². The molecule has 2 rings (SSSR count). The summed E-state index contributed by atoms with van der Waals surface area (Å²) >= 11 is 0. The summed E-state index contributed by atoms with van der Waals surface area (Å²) in [5.41, 5.74) is 0. The van der Waals surface area contributed by atoms with Crippen molar-refractivity contribution in [1.29, 1.82) is 0 Å². The molecule has 1 unspecified atom stereocenters. The fourth-order valence-electron chi connectivity index (χ4n) is 2.73. The Morgan fingerprint density at radius 3 is 2.53 bits per heavy atom. The Morgan fingerprint density at radius 2 is 1.95 bits per heavy atom. The molecule has 2 aliphatic heterocycles. The van der Waals surface area contributed by atoms with Gasteiger partial charge in [-0.1, -0.05) is 5.92 Å². The van der Waals surface area contributed by atoms with Gasteiger partial charge >= 0.3 is 0 Å². The van der Waals surface area contributed by atoms with Crippen molar-refractivity contribution in [2.45, 2.75) is 6.04 Å². The Kier molecular flexibility index (Phi) is 4.81. The van der Waals surface area contributed by atoms with Crippen molar-refractivity contribution in [2.24, 2.45) is 0 Å². The Balaban J connectivity index is 1.90. The molecule has 0 saturated carbocycles. The number of terminal acetylenes is 1. The van der Waals surface area contributed by atoms with Crippen molar-refractivity contribution in [3.63, 3.8) is 0 Å². The number of rotatable bonds is 4. The third kappa shape index (κ3) is 3.46. The van der Waals surface area contributed by atoms with E-state index in [1.807, 2.05) is 0 Å². The number of hydrogen-bond acceptors (Lipinski definition) is 5. The van der Waals surface area contributed by atoms with Crippen molar-refractivity contribution in [2.75, 3.05) is 58.2 Å². The first-order valence-corrected chi connectivity index (χ1v) is 8.16. The quantitative estimate of drug-likeness (QED) is 0.621. The van der Waals surface area contributed by atoms with Crippen LogP contribution in [0.3, 0.4) is 0 Å². The van der Waals surface area contributed by atoms with E-state index in [0.717, 1.165) is 26.2 Å². The molecule has 0 aromatic rings. The number of aliphatic hydroxyl groups is 1. The molecule has 0 amide bonds. The average Bonchev–Trinajstić information content (AvgIpc) is 2.67. The summed E-state index contributed by atoms with van der Waals surface area (Å²) in [6.45, 7) is 5.01. The highest BCUT2D eigenvalue weighted by Crippen LogP contribution is 2.19. The first-order chi connectivity index (χ1) is 9.06. The van der Waals surface area contributed by atoms with Gasteiger partial charge in [0.2, 0.25) is 10.0 Å². The van der Waals surface area contributed by atoms with E-state index >= 15 is 0 Å². The molecule has 0 aromatic heterocycles. The first-order valence-electron chi connectivity index (χ1n) is 6.55. The summed E-state index contributed by atoms with van der Waals surface area (Å²) in [7, 11) is -3.18. The van der Waals surface area contributed by atoms with E-state index in [1.54, 1.807) is 0 Å². The van der Waals surface area contributed by atoms with Gasteiger partial charge in [-0.3, -0.25) is 9.80 Å². The molecular formula is C12H21N3O3S. The van der Waals surface area contributed by atoms with Gasteiger partial charge < -0.3 is 5.11 Å². The van der Waals surface area contributed by atoms with Crippen molar-refractivity contribution in [3.8, 4) is 12.3 Å². The lowest BCUT2D eigenvalue weighted by molar-refractivity contribution is 0.0889. The largest absolute Gasteiger partial charge is 0.395 e. The predicted molar refractivity (Wildman–Crippen MR) is 73.1 cm³/mol. The van der Waals surface area contributed by atoms with Crippen LogP contribution in [0.15, 0.2) is 0 Å². The number of nitrogens with zero attached hydrogens (tertiary/aromatic N) is 3. The molecule has 0 radical (unpaired) electrons. The summed E-state index contributed by atoms with van der Waals surface area (Å²) < 4.78 is 25.3. The van der Waals surface area contributed by atoms with E-state index in [2.05, 4.69) is 15.7 Å². The molecule has 0 spiro atoms. The lowest BCUT2D eigenvalue weighted by Crippen LogP contribution is -2.52. The molecule has 6 nitrogen and oxygen atoms in total. The molecule has 2 fully saturated rings. The van der Waals surface area contributed by atoms with Crippen LogP contribution in [0.1, 0.15) is 0 Å². The monoisotopic (exact) mass is 287 g/mol. The molecule has 0 aliphatic carbocycles. The molecular weight excluding hydrogens is 266 g/mol. The second-order valence-corrected chi connectivity index (χ2v) is 7.04. The van der Waals surface area contributed by atoms with Crippen LogP contribution >= 0.6 is 0 Å². The van der Waals surface area contributed by atoms with Crippen LogP contribution in [0.5, 0.6) is 0 Å². The second kappa shape index (κ2) is 6.20. The van der Waals surface area contributed by atoms with Crippen LogP contribution in [-0.4, -0.2) is 91.8 Å². The number of sulfonamides is 1. The Labute approximate surface area is 115 Å². The minimum Gasteiger partial charge on any atom is -0.395 e. The van der Waals surface area contributed by atoms with Crippen LogP contribution in [0.25, 0.3) is 0 Å². The number of hydrogen-bond donors (Lipinski definition) is 1. The van der Waals surface area contributed by atoms with E-state index in [0.29, 0.717) is 13.1 Å². The van der Waals surface area contributed by atoms with Gasteiger partial charge in [0.05, 0.1) is 18.9 Å². The predicted octanol–water partition coefficient (Wildman–Crippen LogP) is -1.76. The standard InChI is InChI=1S/C12H21N3O3S/c1-2-3-15-10-12(11-19(15,17)18)14-6-4-13(5-7-14)8-9-16/h1,12,16H,3-11H2. The number of piperazine rings is 1. The van der Waals surface area contributed by atoms with Gasteiger partial charge in [-0.25, -0.2) is 8.42 Å². The second-order valence-electron chi connectivity index (χ2n) is 5.03. The average molecular weight is 287 g/mol. The number of β-amino-alcohol motifs (C(OH)–C–C–N with tert-alkyl or cyclic N) is 1. The van der Waals surface area contributed by atoms with Gasteiger partial charge in [0.25, 0.3) is 0 Å².